The van der Waals surface area contributed by atoms with Crippen LogP contribution in [0, 0.1) is 50.4 Å². The first-order chi connectivity index (χ1) is 37.4. The standard InChI is InChI=1S/C30H34FN5O.C28H31N5O.C2HF3O2.CH4/c1-20-17-21(2)26(18-25(20)29-33-27-9-12-35(16-11-31)13-10-28(27)34-29)30(37)36-14-7-24(8-15-36)23-5-3-22(19-32)4-6-23;1-18-15-19(2)24(16-23(18)27-31-25-7-11-30-12-8-26(25)32-27)28(34)33-13-9-22(10-14-33)21-5-3-20(17-29)4-6-21;3-2(4,5)1(6)7;/h3-6,17-18,24H,7-16H2,1-2H3,(H,33,34);3-6,15-16,22,30H,7-14H2,1-2H3,(H,31,32);(H,6,7);1H4. The molecule has 0 radical (unpaired) electrons. The maximum atomic E-state index is 13.6. The predicted molar refractivity (Wildman–Crippen MR) is 296 cm³/mol. The van der Waals surface area contributed by atoms with Crippen LogP contribution >= 0.6 is 0 Å². The number of carbonyl (C=O) groups is 3. The molecule has 10 rings (SSSR count). The van der Waals surface area contributed by atoms with Gasteiger partial charge in [0.05, 0.1) is 34.7 Å². The molecule has 6 aromatic rings. The van der Waals surface area contributed by atoms with Crippen molar-refractivity contribution < 1.29 is 37.1 Å². The van der Waals surface area contributed by atoms with E-state index in [2.05, 4.69) is 70.4 Å². The van der Waals surface area contributed by atoms with E-state index in [4.69, 9.17) is 30.4 Å². The number of nitrogens with zero attached hydrogens (tertiary/aromatic N) is 7. The van der Waals surface area contributed by atoms with Crippen molar-refractivity contribution in [1.29, 1.82) is 10.5 Å². The number of nitrogens with one attached hydrogen (secondary N) is 3. The Kier molecular flexibility index (Phi) is 19.7. The minimum Gasteiger partial charge on any atom is -0.475 e. The van der Waals surface area contributed by atoms with E-state index in [1.54, 1.807) is 0 Å². The summed E-state index contributed by atoms with van der Waals surface area (Å²) in [4.78, 5) is 59.0. The fraction of sp³-hybridized carbons (Fsp3) is 0.426. The van der Waals surface area contributed by atoms with Crippen LogP contribution in [0.4, 0.5) is 17.6 Å². The first-order valence-corrected chi connectivity index (χ1v) is 26.7. The van der Waals surface area contributed by atoms with Gasteiger partial charge in [0.2, 0.25) is 0 Å². The topological polar surface area (TPSA) is 198 Å². The number of benzene rings is 4. The number of carbonyl (C=O) groups excluding carboxylic acids is 2. The lowest BCUT2D eigenvalue weighted by molar-refractivity contribution is -0.192. The number of aryl methyl sites for hydroxylation is 4. The summed E-state index contributed by atoms with van der Waals surface area (Å²) in [5, 5.41) is 28.6. The Morgan fingerprint density at radius 3 is 1.44 bits per heavy atom. The molecule has 4 aliphatic rings. The third-order valence-corrected chi connectivity index (χ3v) is 15.5. The Labute approximate surface area is 459 Å². The van der Waals surface area contributed by atoms with Crippen LogP contribution in [0.15, 0.2) is 72.8 Å². The largest absolute Gasteiger partial charge is 0.490 e. The Bertz CT molecular complexity index is 3140. The molecule has 2 fully saturated rings. The number of hydrogen-bond donors (Lipinski definition) is 4. The number of imidazole rings is 2. The summed E-state index contributed by atoms with van der Waals surface area (Å²) in [6.07, 6.45) is 2.13. The van der Waals surface area contributed by atoms with Crippen molar-refractivity contribution in [1.82, 2.24) is 40.0 Å². The quantitative estimate of drug-likeness (QED) is 0.106. The van der Waals surface area contributed by atoms with Crippen molar-refractivity contribution in [2.75, 3.05) is 65.6 Å². The number of aliphatic carboxylic acids is 1. The molecule has 0 unspecified atom stereocenters. The van der Waals surface area contributed by atoms with Gasteiger partial charge in [-0.2, -0.15) is 23.7 Å². The fourth-order valence-electron chi connectivity index (χ4n) is 11.0. The predicted octanol–water partition coefficient (Wildman–Crippen LogP) is 10.5. The molecule has 0 aliphatic carbocycles. The lowest BCUT2D eigenvalue weighted by atomic mass is 9.88. The van der Waals surface area contributed by atoms with Gasteiger partial charge in [0.25, 0.3) is 11.8 Å². The lowest BCUT2D eigenvalue weighted by Crippen LogP contribution is -2.38. The zero-order valence-corrected chi connectivity index (χ0v) is 44.6. The van der Waals surface area contributed by atoms with E-state index in [9.17, 15) is 27.2 Å². The van der Waals surface area contributed by atoms with Crippen molar-refractivity contribution in [3.8, 4) is 34.9 Å². The maximum absolute atomic E-state index is 13.6. The average Bonchev–Trinajstić information content (AvgIpc) is 4.02. The van der Waals surface area contributed by atoms with E-state index < -0.39 is 12.1 Å². The number of alkyl halides is 4. The van der Waals surface area contributed by atoms with Gasteiger partial charge in [0.15, 0.2) is 0 Å². The molecule has 79 heavy (non-hydrogen) atoms. The molecule has 14 nitrogen and oxygen atoms in total. The first-order valence-electron chi connectivity index (χ1n) is 26.7. The second kappa shape index (κ2) is 26.3. The van der Waals surface area contributed by atoms with E-state index in [-0.39, 0.29) is 25.9 Å². The number of carboxylic acids is 1. The highest BCUT2D eigenvalue weighted by Gasteiger charge is 2.38. The Hall–Kier alpha value is -7.67. The molecule has 0 atom stereocenters. The molecule has 18 heteroatoms. The number of nitriles is 2. The summed E-state index contributed by atoms with van der Waals surface area (Å²) in [6.45, 7) is 14.8. The molecule has 416 valence electrons. The molecule has 4 aromatic carbocycles. The molecule has 6 heterocycles. The fourth-order valence-corrected chi connectivity index (χ4v) is 11.0. The van der Waals surface area contributed by atoms with Crippen molar-refractivity contribution >= 4 is 17.8 Å². The zero-order valence-electron chi connectivity index (χ0n) is 44.6. The van der Waals surface area contributed by atoms with Gasteiger partial charge in [0.1, 0.15) is 18.3 Å². The van der Waals surface area contributed by atoms with Crippen LogP contribution in [0.5, 0.6) is 0 Å². The van der Waals surface area contributed by atoms with E-state index >= 15 is 0 Å². The summed E-state index contributed by atoms with van der Waals surface area (Å²) in [7, 11) is 0. The zero-order chi connectivity index (χ0) is 55.7. The molecule has 2 aromatic heterocycles. The molecule has 4 aliphatic heterocycles. The second-order valence-electron chi connectivity index (χ2n) is 20.7. The van der Waals surface area contributed by atoms with Crippen LogP contribution in [0.1, 0.15) is 133 Å². The smallest absolute Gasteiger partial charge is 0.475 e. The van der Waals surface area contributed by atoms with Crippen molar-refractivity contribution in [3.05, 3.63) is 151 Å². The molecular formula is C61H70F4N10O4. The summed E-state index contributed by atoms with van der Waals surface area (Å²) >= 11 is 0. The highest BCUT2D eigenvalue weighted by atomic mass is 19.4. The average molecular weight is 1080 g/mol. The molecular weight excluding hydrogens is 1010 g/mol. The van der Waals surface area contributed by atoms with Gasteiger partial charge in [-0.05, 0) is 135 Å². The van der Waals surface area contributed by atoms with Crippen LogP contribution in [0.3, 0.4) is 0 Å². The number of aromatic nitrogens is 4. The number of rotatable bonds is 8. The van der Waals surface area contributed by atoms with Gasteiger partial charge >= 0.3 is 12.1 Å². The van der Waals surface area contributed by atoms with Crippen LogP contribution in [-0.4, -0.2) is 129 Å². The van der Waals surface area contributed by atoms with Gasteiger partial charge in [-0.1, -0.05) is 43.8 Å². The van der Waals surface area contributed by atoms with Gasteiger partial charge in [0, 0.05) is 118 Å². The molecule has 2 saturated heterocycles. The molecule has 0 bridgehead atoms. The first kappa shape index (κ1) is 59.0. The monoisotopic (exact) mass is 1080 g/mol. The highest BCUT2D eigenvalue weighted by molar-refractivity contribution is 5.98. The number of piperidine rings is 2. The summed E-state index contributed by atoms with van der Waals surface area (Å²) in [6, 6.07) is 28.3. The van der Waals surface area contributed by atoms with Crippen molar-refractivity contribution in [3.63, 3.8) is 0 Å². The lowest BCUT2D eigenvalue weighted by Gasteiger charge is -2.32. The number of likely N-dealkylation sites (tertiary alicyclic amines) is 2. The molecule has 2 amide bonds. The summed E-state index contributed by atoms with van der Waals surface area (Å²) < 4.78 is 44.5. The minimum atomic E-state index is -5.08. The van der Waals surface area contributed by atoms with E-state index in [1.165, 1.54) is 16.8 Å². The van der Waals surface area contributed by atoms with E-state index in [0.29, 0.717) is 29.5 Å². The van der Waals surface area contributed by atoms with E-state index in [1.807, 2.05) is 72.2 Å². The number of halogens is 4. The maximum Gasteiger partial charge on any atom is 0.490 e. The number of hydrogen-bond acceptors (Lipinski definition) is 9. The summed E-state index contributed by atoms with van der Waals surface area (Å²) in [5.41, 5.74) is 16.1. The van der Waals surface area contributed by atoms with Gasteiger partial charge in [-0.3, -0.25) is 14.5 Å². The van der Waals surface area contributed by atoms with Gasteiger partial charge in [-0.25, -0.2) is 19.2 Å². The highest BCUT2D eigenvalue weighted by Crippen LogP contribution is 2.34. The molecule has 0 saturated carbocycles. The van der Waals surface area contributed by atoms with Crippen LogP contribution in [-0.2, 0) is 30.5 Å². The number of aromatic amines is 2. The van der Waals surface area contributed by atoms with Crippen molar-refractivity contribution in [2.45, 2.75) is 105 Å². The third kappa shape index (κ3) is 14.3. The minimum absolute atomic E-state index is 0. The number of amides is 2. The number of fused-ring (bicyclic) bond motifs is 2. The van der Waals surface area contributed by atoms with Gasteiger partial charge in [-0.15, -0.1) is 0 Å². The normalized spacial score (nSPS) is 16.0. The third-order valence-electron chi connectivity index (χ3n) is 15.5. The summed E-state index contributed by atoms with van der Waals surface area (Å²) in [5.74, 6) is -0.0489. The Balaban J connectivity index is 0.000000202. The Morgan fingerprint density at radius 1 is 0.620 bits per heavy atom. The second-order valence-corrected chi connectivity index (χ2v) is 20.7. The SMILES string of the molecule is C.Cc1cc(C)c(-c2nc3c([nH]2)CCN(CCF)CC3)cc1C(=O)N1CCC(c2ccc(C#N)cc2)CC1.Cc1cc(C)c(-c2nc3c([nH]2)CCNCC3)cc1C(=O)N1CCC(c2ccc(C#N)cc2)CC1.O=C(O)C(F)(F)F. The van der Waals surface area contributed by atoms with Crippen LogP contribution in [0.2, 0.25) is 0 Å². The Morgan fingerprint density at radius 2 is 1.03 bits per heavy atom. The number of H-pyrrole nitrogens is 2. The molecule has 0 spiro atoms. The van der Waals surface area contributed by atoms with Crippen LogP contribution < -0.4 is 5.32 Å². The number of carboxylic acid groups (broad SMARTS) is 1. The van der Waals surface area contributed by atoms with Gasteiger partial charge < -0.3 is 30.2 Å². The van der Waals surface area contributed by atoms with Crippen molar-refractivity contribution in [2.24, 2.45) is 0 Å². The molecule has 4 N–H and O–H groups in total. The van der Waals surface area contributed by atoms with E-state index in [0.717, 1.165) is 177 Å². The van der Waals surface area contributed by atoms with Crippen LogP contribution in [0.25, 0.3) is 22.8 Å².